The first kappa shape index (κ1) is 11.4. The molecule has 0 spiro atoms. The molecule has 6 heteroatoms. The molecule has 0 aliphatic carbocycles. The highest BCUT2D eigenvalue weighted by molar-refractivity contribution is 5.96. The number of nitrogens with zero attached hydrogens (tertiary/aromatic N) is 3. The van der Waals surface area contributed by atoms with Gasteiger partial charge < -0.3 is 4.90 Å². The van der Waals surface area contributed by atoms with Crippen LogP contribution >= 0.6 is 0 Å². The van der Waals surface area contributed by atoms with Crippen LogP contribution in [0.2, 0.25) is 0 Å². The second-order valence-corrected chi connectivity index (χ2v) is 2.73. The van der Waals surface area contributed by atoms with Crippen LogP contribution in [0.25, 0.3) is 0 Å². The molecule has 0 atom stereocenters. The Hall–Kier alpha value is -1.59. The summed E-state index contributed by atoms with van der Waals surface area (Å²) in [5, 5.41) is 0. The van der Waals surface area contributed by atoms with Crippen molar-refractivity contribution < 1.29 is 14.4 Å². The number of amides is 5. The lowest BCUT2D eigenvalue weighted by atomic mass is 10.6. The number of carbonyl (C=O) groups excluding carboxylic acids is 3. The van der Waals surface area contributed by atoms with E-state index in [2.05, 4.69) is 0 Å². The Bertz CT molecular complexity index is 227. The maximum absolute atomic E-state index is 11.2. The highest BCUT2D eigenvalue weighted by Gasteiger charge is 2.20. The number of urea groups is 2. The van der Waals surface area contributed by atoms with E-state index in [1.807, 2.05) is 0 Å². The third-order valence-electron chi connectivity index (χ3n) is 1.42. The van der Waals surface area contributed by atoms with E-state index in [9.17, 15) is 14.4 Å². The molecule has 0 unspecified atom stereocenters. The fourth-order valence-corrected chi connectivity index (χ4v) is 0.664. The Morgan fingerprint density at radius 2 is 1.46 bits per heavy atom. The molecule has 74 valence electrons. The lowest BCUT2D eigenvalue weighted by Crippen LogP contribution is -2.45. The van der Waals surface area contributed by atoms with Gasteiger partial charge in [0.15, 0.2) is 0 Å². The van der Waals surface area contributed by atoms with Gasteiger partial charge in [0.25, 0.3) is 0 Å². The first-order valence-electron chi connectivity index (χ1n) is 3.59. The van der Waals surface area contributed by atoms with Gasteiger partial charge in [-0.25, -0.2) is 14.5 Å². The van der Waals surface area contributed by atoms with Crippen LogP contribution in [0.15, 0.2) is 0 Å². The second-order valence-electron chi connectivity index (χ2n) is 2.73. The average Bonchev–Trinajstić information content (AvgIpc) is 2.12. The van der Waals surface area contributed by atoms with E-state index in [1.54, 1.807) is 0 Å². The predicted octanol–water partition coefficient (Wildman–Crippen LogP) is -0.192. The largest absolute Gasteiger partial charge is 0.334 e. The Morgan fingerprint density at radius 1 is 1.00 bits per heavy atom. The minimum atomic E-state index is -0.659. The van der Waals surface area contributed by atoms with Gasteiger partial charge in [-0.1, -0.05) is 0 Å². The molecule has 0 aromatic rings. The molecule has 0 radical (unpaired) electrons. The van der Waals surface area contributed by atoms with E-state index >= 15 is 0 Å². The van der Waals surface area contributed by atoms with Crippen molar-refractivity contribution in [1.29, 1.82) is 0 Å². The Balaban J connectivity index is 4.42. The molecule has 0 aliphatic rings. The monoisotopic (exact) mass is 187 g/mol. The lowest BCUT2D eigenvalue weighted by molar-refractivity contribution is -0.115. The van der Waals surface area contributed by atoms with Gasteiger partial charge in [-0.05, 0) is 0 Å². The number of hydrogen-bond acceptors (Lipinski definition) is 3. The standard InChI is InChI=1S/C7H13N3O3/c1-8(2)6(12)10(4)7(13)9(3)5-11/h5H,1-4H3. The van der Waals surface area contributed by atoms with Crippen LogP contribution < -0.4 is 0 Å². The molecule has 0 rings (SSSR count). The smallest absolute Gasteiger partial charge is 0.330 e. The van der Waals surface area contributed by atoms with Gasteiger partial charge in [0, 0.05) is 28.2 Å². The van der Waals surface area contributed by atoms with Crippen LogP contribution in [0, 0.1) is 0 Å². The number of rotatable bonds is 1. The van der Waals surface area contributed by atoms with E-state index in [-0.39, 0.29) is 0 Å². The molecule has 0 N–H and O–H groups in total. The van der Waals surface area contributed by atoms with Crippen LogP contribution in [0.3, 0.4) is 0 Å². The molecular weight excluding hydrogens is 174 g/mol. The summed E-state index contributed by atoms with van der Waals surface area (Å²) < 4.78 is 0. The number of hydrogen-bond donors (Lipinski definition) is 0. The molecule has 0 aromatic carbocycles. The maximum Gasteiger partial charge on any atom is 0.334 e. The summed E-state index contributed by atoms with van der Waals surface area (Å²) in [4.78, 5) is 35.5. The highest BCUT2D eigenvalue weighted by atomic mass is 16.2. The van der Waals surface area contributed by atoms with Crippen LogP contribution in [0.5, 0.6) is 0 Å². The van der Waals surface area contributed by atoms with Crippen molar-refractivity contribution in [2.24, 2.45) is 0 Å². The van der Waals surface area contributed by atoms with Crippen molar-refractivity contribution in [3.63, 3.8) is 0 Å². The third kappa shape index (κ3) is 2.73. The van der Waals surface area contributed by atoms with Crippen LogP contribution in [0.4, 0.5) is 9.59 Å². The van der Waals surface area contributed by atoms with Gasteiger partial charge in [0.2, 0.25) is 6.41 Å². The fourth-order valence-electron chi connectivity index (χ4n) is 0.664. The van der Waals surface area contributed by atoms with Gasteiger partial charge in [-0.2, -0.15) is 0 Å². The Morgan fingerprint density at radius 3 is 1.77 bits per heavy atom. The molecule has 0 saturated carbocycles. The highest BCUT2D eigenvalue weighted by Crippen LogP contribution is 1.95. The van der Waals surface area contributed by atoms with Crippen molar-refractivity contribution in [1.82, 2.24) is 14.7 Å². The summed E-state index contributed by atoms with van der Waals surface area (Å²) in [6, 6.07) is -1.13. The first-order valence-corrected chi connectivity index (χ1v) is 3.59. The molecule has 6 nitrogen and oxygen atoms in total. The average molecular weight is 187 g/mol. The summed E-state index contributed by atoms with van der Waals surface area (Å²) in [5.41, 5.74) is 0. The molecule has 13 heavy (non-hydrogen) atoms. The van der Waals surface area contributed by atoms with Crippen molar-refractivity contribution in [2.75, 3.05) is 28.2 Å². The van der Waals surface area contributed by atoms with E-state index in [1.165, 1.54) is 33.1 Å². The van der Waals surface area contributed by atoms with Crippen molar-refractivity contribution >= 4 is 18.5 Å². The van der Waals surface area contributed by atoms with E-state index in [0.717, 1.165) is 9.80 Å². The van der Waals surface area contributed by atoms with Gasteiger partial charge in [0.05, 0.1) is 0 Å². The van der Waals surface area contributed by atoms with E-state index < -0.39 is 12.1 Å². The molecule has 0 saturated heterocycles. The second kappa shape index (κ2) is 4.44. The first-order chi connectivity index (χ1) is 5.91. The zero-order valence-corrected chi connectivity index (χ0v) is 8.14. The topological polar surface area (TPSA) is 60.9 Å². The van der Waals surface area contributed by atoms with Crippen LogP contribution in [-0.2, 0) is 4.79 Å². The van der Waals surface area contributed by atoms with Gasteiger partial charge in [-0.3, -0.25) is 9.69 Å². The normalized spacial score (nSPS) is 8.92. The lowest BCUT2D eigenvalue weighted by Gasteiger charge is -2.22. The van der Waals surface area contributed by atoms with Gasteiger partial charge in [0.1, 0.15) is 0 Å². The fraction of sp³-hybridized carbons (Fsp3) is 0.571. The van der Waals surface area contributed by atoms with Crippen molar-refractivity contribution in [3.05, 3.63) is 0 Å². The summed E-state index contributed by atoms with van der Waals surface area (Å²) in [6.45, 7) is 0. The molecule has 0 aliphatic heterocycles. The maximum atomic E-state index is 11.2. The predicted molar refractivity (Wildman–Crippen MR) is 46.1 cm³/mol. The summed E-state index contributed by atoms with van der Waals surface area (Å²) >= 11 is 0. The molecule has 0 bridgehead atoms. The van der Waals surface area contributed by atoms with E-state index in [0.29, 0.717) is 6.41 Å². The van der Waals surface area contributed by atoms with Gasteiger partial charge in [-0.15, -0.1) is 0 Å². The van der Waals surface area contributed by atoms with Gasteiger partial charge >= 0.3 is 12.1 Å². The summed E-state index contributed by atoms with van der Waals surface area (Å²) in [7, 11) is 5.64. The zero-order chi connectivity index (χ0) is 10.6. The third-order valence-corrected chi connectivity index (χ3v) is 1.42. The minimum absolute atomic E-state index is 0.349. The number of imide groups is 2. The summed E-state index contributed by atoms with van der Waals surface area (Å²) in [6.07, 6.45) is 0.349. The zero-order valence-electron chi connectivity index (χ0n) is 8.14. The van der Waals surface area contributed by atoms with E-state index in [4.69, 9.17) is 0 Å². The molecule has 0 heterocycles. The molecular formula is C7H13N3O3. The SMILES string of the molecule is CN(C)C(=O)N(C)C(=O)N(C)C=O. The van der Waals surface area contributed by atoms with Crippen LogP contribution in [0.1, 0.15) is 0 Å². The van der Waals surface area contributed by atoms with Crippen molar-refractivity contribution in [3.8, 4) is 0 Å². The minimum Gasteiger partial charge on any atom is -0.330 e. The summed E-state index contributed by atoms with van der Waals surface area (Å²) in [5.74, 6) is 0. The Kier molecular flexibility index (Phi) is 3.90. The number of carbonyl (C=O) groups is 3. The quantitative estimate of drug-likeness (QED) is 0.534. The van der Waals surface area contributed by atoms with Crippen molar-refractivity contribution in [2.45, 2.75) is 0 Å². The van der Waals surface area contributed by atoms with Crippen LogP contribution in [-0.4, -0.2) is 61.4 Å². The Labute approximate surface area is 76.7 Å². The molecule has 5 amide bonds. The molecule has 0 aromatic heterocycles. The molecule has 0 fully saturated rings.